The molecule has 3 N–H and O–H groups in total. The topological polar surface area (TPSA) is 97.6 Å². The van der Waals surface area contributed by atoms with E-state index in [0.717, 1.165) is 60.7 Å². The predicted molar refractivity (Wildman–Crippen MR) is 136 cm³/mol. The molecule has 1 aromatic heterocycles. The molecule has 1 aliphatic rings. The van der Waals surface area contributed by atoms with E-state index in [9.17, 15) is 9.59 Å². The van der Waals surface area contributed by atoms with Crippen molar-refractivity contribution in [3.8, 4) is 5.75 Å². The minimum Gasteiger partial charge on any atom is -0.487 e. The average molecular weight is 471 g/mol. The highest BCUT2D eigenvalue weighted by atomic mass is 16.5. The van der Waals surface area contributed by atoms with Gasteiger partial charge in [0.15, 0.2) is 0 Å². The number of nitrogens with two attached hydrogens (primary N) is 1. The molecule has 1 saturated heterocycles. The second-order valence-electron chi connectivity index (χ2n) is 8.65. The van der Waals surface area contributed by atoms with Gasteiger partial charge in [0.25, 0.3) is 0 Å². The number of likely N-dealkylation sites (tertiary alicyclic amines) is 1. The minimum absolute atomic E-state index is 0.0148. The Morgan fingerprint density at radius 1 is 1.06 bits per heavy atom. The van der Waals surface area contributed by atoms with Crippen LogP contribution in [-0.4, -0.2) is 34.8 Å². The summed E-state index contributed by atoms with van der Waals surface area (Å²) >= 11 is 0. The molecule has 2 amide bonds. The Morgan fingerprint density at radius 3 is 2.57 bits per heavy atom. The molecule has 35 heavy (non-hydrogen) atoms. The van der Waals surface area contributed by atoms with Crippen LogP contribution in [-0.2, 0) is 22.7 Å². The van der Waals surface area contributed by atoms with Crippen molar-refractivity contribution >= 4 is 23.6 Å². The third-order valence-corrected chi connectivity index (χ3v) is 6.01. The Bertz CT molecular complexity index is 1150. The first kappa shape index (κ1) is 24.2. The van der Waals surface area contributed by atoms with E-state index in [1.54, 1.807) is 12.3 Å². The molecule has 2 aromatic carbocycles. The zero-order valence-corrected chi connectivity index (χ0v) is 19.6. The maximum absolute atomic E-state index is 12.4. The summed E-state index contributed by atoms with van der Waals surface area (Å²) in [4.78, 5) is 30.3. The maximum atomic E-state index is 12.4. The number of hydrogen-bond acceptors (Lipinski definition) is 5. The van der Waals surface area contributed by atoms with Gasteiger partial charge in [-0.15, -0.1) is 0 Å². The van der Waals surface area contributed by atoms with Gasteiger partial charge in [-0.3, -0.25) is 19.5 Å². The van der Waals surface area contributed by atoms with Gasteiger partial charge in [0.1, 0.15) is 12.4 Å². The predicted octanol–water partition coefficient (Wildman–Crippen LogP) is 4.01. The van der Waals surface area contributed by atoms with Crippen LogP contribution in [0.25, 0.3) is 6.08 Å². The van der Waals surface area contributed by atoms with Crippen LogP contribution in [0.4, 0.5) is 5.69 Å². The largest absolute Gasteiger partial charge is 0.487 e. The van der Waals surface area contributed by atoms with E-state index in [1.165, 1.54) is 6.08 Å². The lowest BCUT2D eigenvalue weighted by Gasteiger charge is -2.30. The van der Waals surface area contributed by atoms with Crippen LogP contribution in [0, 0.1) is 5.92 Å². The number of nitrogens with one attached hydrogen (secondary N) is 1. The van der Waals surface area contributed by atoms with Crippen LogP contribution in [0.2, 0.25) is 0 Å². The van der Waals surface area contributed by atoms with Gasteiger partial charge >= 0.3 is 0 Å². The number of primary amides is 1. The molecule has 7 nitrogen and oxygen atoms in total. The molecule has 0 aliphatic carbocycles. The first-order valence-electron chi connectivity index (χ1n) is 11.8. The van der Waals surface area contributed by atoms with E-state index in [0.29, 0.717) is 6.61 Å². The molecular formula is C28H30N4O3. The number of carbonyl (C=O) groups is 2. The smallest absolute Gasteiger partial charge is 0.248 e. The number of anilines is 1. The van der Waals surface area contributed by atoms with Gasteiger partial charge in [-0.25, -0.2) is 0 Å². The number of aromatic nitrogens is 1. The molecule has 0 radical (unpaired) electrons. The van der Waals surface area contributed by atoms with Crippen molar-refractivity contribution in [1.82, 2.24) is 9.88 Å². The van der Waals surface area contributed by atoms with Crippen molar-refractivity contribution < 1.29 is 14.3 Å². The van der Waals surface area contributed by atoms with Crippen LogP contribution < -0.4 is 15.8 Å². The zero-order chi connectivity index (χ0) is 24.5. The first-order chi connectivity index (χ1) is 17.0. The summed E-state index contributed by atoms with van der Waals surface area (Å²) < 4.78 is 5.74. The van der Waals surface area contributed by atoms with Crippen LogP contribution in [0.1, 0.15) is 29.7 Å². The minimum atomic E-state index is -0.202. The summed E-state index contributed by atoms with van der Waals surface area (Å²) in [6, 6.07) is 21.1. The Balaban J connectivity index is 1.25. The second-order valence-corrected chi connectivity index (χ2v) is 8.65. The Morgan fingerprint density at radius 2 is 1.86 bits per heavy atom. The second kappa shape index (κ2) is 11.9. The number of carbonyl (C=O) groups excluding carboxylic acids is 2. The Labute approximate surface area is 205 Å². The van der Waals surface area contributed by atoms with Crippen molar-refractivity contribution in [2.45, 2.75) is 26.0 Å². The molecule has 0 spiro atoms. The number of nitrogens with zero attached hydrogens (tertiary/aromatic N) is 2. The number of benzene rings is 2. The lowest BCUT2D eigenvalue weighted by Crippen LogP contribution is -2.38. The number of piperidine rings is 1. The van der Waals surface area contributed by atoms with Gasteiger partial charge in [-0.2, -0.15) is 0 Å². The first-order valence-corrected chi connectivity index (χ1v) is 11.8. The highest BCUT2D eigenvalue weighted by Gasteiger charge is 2.22. The van der Waals surface area contributed by atoms with E-state index >= 15 is 0 Å². The highest BCUT2D eigenvalue weighted by molar-refractivity contribution is 6.01. The maximum Gasteiger partial charge on any atom is 0.248 e. The van der Waals surface area contributed by atoms with Gasteiger partial charge in [-0.1, -0.05) is 30.3 Å². The van der Waals surface area contributed by atoms with Gasteiger partial charge in [0.2, 0.25) is 11.8 Å². The average Bonchev–Trinajstić information content (AvgIpc) is 2.88. The number of amides is 2. The van der Waals surface area contributed by atoms with Crippen molar-refractivity contribution in [3.63, 3.8) is 0 Å². The van der Waals surface area contributed by atoms with Crippen LogP contribution in [0.15, 0.2) is 79.0 Å². The molecule has 180 valence electrons. The van der Waals surface area contributed by atoms with Crippen LogP contribution in [0.5, 0.6) is 5.75 Å². The standard InChI is InChI=1S/C28H30N4O3/c29-28(34)23-13-16-32(17-14-23)19-22-4-3-6-24(18-22)31-27(33)12-9-21-7-10-26(11-8-21)35-20-25-5-1-2-15-30-25/h1-12,15,18,23H,13-14,16-17,19-20H2,(H2,29,34)(H,31,33). The van der Waals surface area contributed by atoms with E-state index in [2.05, 4.69) is 15.2 Å². The normalized spacial score (nSPS) is 14.6. The van der Waals surface area contributed by atoms with Gasteiger partial charge in [0.05, 0.1) is 5.69 Å². The molecule has 0 bridgehead atoms. The molecule has 0 saturated carbocycles. The molecule has 1 fully saturated rings. The van der Waals surface area contributed by atoms with Crippen molar-refractivity contribution in [2.24, 2.45) is 11.7 Å². The molecule has 3 aromatic rings. The van der Waals surface area contributed by atoms with Crippen molar-refractivity contribution in [2.75, 3.05) is 18.4 Å². The molecular weight excluding hydrogens is 440 g/mol. The Hall–Kier alpha value is -3.97. The fourth-order valence-corrected chi connectivity index (χ4v) is 4.05. The van der Waals surface area contributed by atoms with Gasteiger partial charge < -0.3 is 15.8 Å². The van der Waals surface area contributed by atoms with Crippen LogP contribution >= 0.6 is 0 Å². The zero-order valence-electron chi connectivity index (χ0n) is 19.6. The lowest BCUT2D eigenvalue weighted by atomic mass is 9.96. The fourth-order valence-electron chi connectivity index (χ4n) is 4.05. The molecule has 2 heterocycles. The van der Waals surface area contributed by atoms with Crippen molar-refractivity contribution in [3.05, 3.63) is 95.8 Å². The molecule has 0 unspecified atom stereocenters. The number of rotatable bonds is 9. The highest BCUT2D eigenvalue weighted by Crippen LogP contribution is 2.20. The number of hydrogen-bond donors (Lipinski definition) is 2. The molecule has 0 atom stereocenters. The summed E-state index contributed by atoms with van der Waals surface area (Å²) in [7, 11) is 0. The quantitative estimate of drug-likeness (QED) is 0.461. The molecule has 1 aliphatic heterocycles. The van der Waals surface area contributed by atoms with E-state index in [-0.39, 0.29) is 17.7 Å². The summed E-state index contributed by atoms with van der Waals surface area (Å²) in [6.45, 7) is 2.88. The fraction of sp³-hybridized carbons (Fsp3) is 0.250. The summed E-state index contributed by atoms with van der Waals surface area (Å²) in [5, 5.41) is 2.92. The third kappa shape index (κ3) is 7.52. The SMILES string of the molecule is NC(=O)C1CCN(Cc2cccc(NC(=O)C=Cc3ccc(OCc4ccccn4)cc3)c2)CC1. The van der Waals surface area contributed by atoms with Crippen molar-refractivity contribution in [1.29, 1.82) is 0 Å². The summed E-state index contributed by atoms with van der Waals surface area (Å²) in [5.74, 6) is 0.333. The van der Waals surface area contributed by atoms with E-state index < -0.39 is 0 Å². The third-order valence-electron chi connectivity index (χ3n) is 6.01. The summed E-state index contributed by atoms with van der Waals surface area (Å²) in [6.07, 6.45) is 6.63. The monoisotopic (exact) mass is 470 g/mol. The molecule has 7 heteroatoms. The lowest BCUT2D eigenvalue weighted by molar-refractivity contribution is -0.123. The van der Waals surface area contributed by atoms with Gasteiger partial charge in [-0.05, 0) is 79.5 Å². The van der Waals surface area contributed by atoms with Crippen LogP contribution in [0.3, 0.4) is 0 Å². The number of ether oxygens (including phenoxy) is 1. The van der Waals surface area contributed by atoms with E-state index in [4.69, 9.17) is 10.5 Å². The molecule has 4 rings (SSSR count). The number of pyridine rings is 1. The Kier molecular flexibility index (Phi) is 8.25. The van der Waals surface area contributed by atoms with Gasteiger partial charge in [0, 0.05) is 30.4 Å². The van der Waals surface area contributed by atoms with E-state index in [1.807, 2.05) is 66.7 Å². The summed E-state index contributed by atoms with van der Waals surface area (Å²) in [5.41, 5.74) is 9.06.